The number of nitrogens with zero attached hydrogens (tertiary/aromatic N) is 4. The highest BCUT2D eigenvalue weighted by Crippen LogP contribution is 2.28. The first-order chi connectivity index (χ1) is 9.90. The normalized spacial score (nSPS) is 12.0. The third-order valence-electron chi connectivity index (χ3n) is 3.04. The van der Waals surface area contributed by atoms with E-state index in [9.17, 15) is 13.2 Å². The van der Waals surface area contributed by atoms with Gasteiger partial charge in [-0.1, -0.05) is 6.92 Å². The van der Waals surface area contributed by atoms with Gasteiger partial charge in [-0.3, -0.25) is 9.36 Å². The Labute approximate surface area is 120 Å². The smallest absolute Gasteiger partial charge is 0.307 e. The second-order valence-corrected chi connectivity index (χ2v) is 4.86. The van der Waals surface area contributed by atoms with E-state index >= 15 is 0 Å². The van der Waals surface area contributed by atoms with Gasteiger partial charge in [0.25, 0.3) is 0 Å². The minimum atomic E-state index is -4.41. The van der Waals surface area contributed by atoms with Crippen LogP contribution in [0.2, 0.25) is 0 Å². The molecule has 2 aromatic heterocycles. The summed E-state index contributed by atoms with van der Waals surface area (Å²) in [6.07, 6.45) is 0.287. The minimum absolute atomic E-state index is 0.318. The van der Waals surface area contributed by atoms with E-state index in [-0.39, 0.29) is 0 Å². The van der Waals surface area contributed by atoms with E-state index in [4.69, 9.17) is 0 Å². The fourth-order valence-corrected chi connectivity index (χ4v) is 1.99. The summed E-state index contributed by atoms with van der Waals surface area (Å²) in [6.45, 7) is 3.80. The zero-order valence-electron chi connectivity index (χ0n) is 12.0. The first-order valence-electron chi connectivity index (χ1n) is 6.72. The summed E-state index contributed by atoms with van der Waals surface area (Å²) >= 11 is 0. The third kappa shape index (κ3) is 4.07. The first-order valence-corrected chi connectivity index (χ1v) is 6.72. The molecule has 0 atom stereocenters. The van der Waals surface area contributed by atoms with Crippen molar-refractivity contribution < 1.29 is 13.2 Å². The SMILES string of the molecule is CCCn1cc(CNCc2cc(C(F)(F)F)nn2C)cn1. The summed E-state index contributed by atoms with van der Waals surface area (Å²) in [5.74, 6) is 0. The van der Waals surface area contributed by atoms with E-state index in [1.807, 2.05) is 10.9 Å². The average Bonchev–Trinajstić information content (AvgIpc) is 2.97. The van der Waals surface area contributed by atoms with Crippen LogP contribution in [0.3, 0.4) is 0 Å². The zero-order chi connectivity index (χ0) is 15.5. The van der Waals surface area contributed by atoms with Gasteiger partial charge >= 0.3 is 6.18 Å². The highest BCUT2D eigenvalue weighted by atomic mass is 19.4. The van der Waals surface area contributed by atoms with Crippen LogP contribution in [0.25, 0.3) is 0 Å². The quantitative estimate of drug-likeness (QED) is 0.891. The molecule has 0 radical (unpaired) electrons. The summed E-state index contributed by atoms with van der Waals surface area (Å²) in [5, 5.41) is 10.8. The van der Waals surface area contributed by atoms with Gasteiger partial charge in [0.1, 0.15) is 0 Å². The Kier molecular flexibility index (Phi) is 4.66. The van der Waals surface area contributed by atoms with E-state index in [1.165, 1.54) is 11.7 Å². The number of alkyl halides is 3. The number of hydrogen-bond acceptors (Lipinski definition) is 3. The van der Waals surface area contributed by atoms with Crippen LogP contribution >= 0.6 is 0 Å². The van der Waals surface area contributed by atoms with Crippen molar-refractivity contribution in [1.82, 2.24) is 24.9 Å². The van der Waals surface area contributed by atoms with Crippen LogP contribution < -0.4 is 5.32 Å². The zero-order valence-corrected chi connectivity index (χ0v) is 12.0. The molecule has 1 N–H and O–H groups in total. The molecule has 0 bridgehead atoms. The second-order valence-electron chi connectivity index (χ2n) is 4.86. The lowest BCUT2D eigenvalue weighted by atomic mass is 10.3. The Hall–Kier alpha value is -1.83. The standard InChI is InChI=1S/C13H18F3N5/c1-3-4-21-9-10(7-18-21)6-17-8-11-5-12(13(14,15)16)19-20(11)2/h5,7,9,17H,3-4,6,8H2,1-2H3. The fraction of sp³-hybridized carbons (Fsp3) is 0.538. The molecule has 0 spiro atoms. The summed E-state index contributed by atoms with van der Waals surface area (Å²) in [4.78, 5) is 0. The average molecular weight is 301 g/mol. The Balaban J connectivity index is 1.89. The Bertz CT molecular complexity index is 585. The number of hydrogen-bond donors (Lipinski definition) is 1. The molecular weight excluding hydrogens is 283 g/mol. The van der Waals surface area contributed by atoms with Crippen molar-refractivity contribution >= 4 is 0 Å². The van der Waals surface area contributed by atoms with E-state index in [0.717, 1.165) is 24.6 Å². The number of aromatic nitrogens is 4. The van der Waals surface area contributed by atoms with Gasteiger partial charge in [0.2, 0.25) is 0 Å². The second kappa shape index (κ2) is 6.30. The fourth-order valence-electron chi connectivity index (χ4n) is 1.99. The van der Waals surface area contributed by atoms with Crippen molar-refractivity contribution in [2.45, 2.75) is 39.2 Å². The van der Waals surface area contributed by atoms with Crippen LogP contribution in [0, 0.1) is 0 Å². The molecule has 0 saturated carbocycles. The molecule has 21 heavy (non-hydrogen) atoms. The number of rotatable bonds is 6. The van der Waals surface area contributed by atoms with Crippen molar-refractivity contribution in [3.8, 4) is 0 Å². The minimum Gasteiger partial charge on any atom is -0.307 e. The predicted octanol–water partition coefficient (Wildman–Crippen LogP) is 2.34. The topological polar surface area (TPSA) is 47.7 Å². The molecule has 2 aromatic rings. The molecule has 0 saturated heterocycles. The molecule has 5 nitrogen and oxygen atoms in total. The number of aryl methyl sites for hydroxylation is 2. The molecule has 116 valence electrons. The molecule has 8 heteroatoms. The molecule has 0 aliphatic rings. The maximum atomic E-state index is 12.5. The highest BCUT2D eigenvalue weighted by Gasteiger charge is 2.34. The van der Waals surface area contributed by atoms with Crippen LogP contribution in [0.1, 0.15) is 30.3 Å². The van der Waals surface area contributed by atoms with Gasteiger partial charge in [0.05, 0.1) is 11.9 Å². The molecule has 0 aliphatic heterocycles. The molecule has 0 amide bonds. The first kappa shape index (κ1) is 15.6. The highest BCUT2D eigenvalue weighted by molar-refractivity contribution is 5.13. The van der Waals surface area contributed by atoms with Gasteiger partial charge in [-0.15, -0.1) is 0 Å². The number of halogens is 3. The van der Waals surface area contributed by atoms with Crippen molar-refractivity contribution in [3.63, 3.8) is 0 Å². The van der Waals surface area contributed by atoms with Crippen LogP contribution in [0.5, 0.6) is 0 Å². The van der Waals surface area contributed by atoms with Gasteiger partial charge in [-0.2, -0.15) is 23.4 Å². The van der Waals surface area contributed by atoms with Gasteiger partial charge in [-0.25, -0.2) is 0 Å². The maximum Gasteiger partial charge on any atom is 0.435 e. The summed E-state index contributed by atoms with van der Waals surface area (Å²) < 4.78 is 40.7. The molecular formula is C13H18F3N5. The molecule has 2 heterocycles. The lowest BCUT2D eigenvalue weighted by molar-refractivity contribution is -0.141. The lowest BCUT2D eigenvalue weighted by Crippen LogP contribution is -2.14. The summed E-state index contributed by atoms with van der Waals surface area (Å²) in [5.41, 5.74) is 0.627. The van der Waals surface area contributed by atoms with Crippen LogP contribution in [-0.4, -0.2) is 19.6 Å². The van der Waals surface area contributed by atoms with Gasteiger partial charge < -0.3 is 5.32 Å². The van der Waals surface area contributed by atoms with Crippen LogP contribution in [0.4, 0.5) is 13.2 Å². The number of nitrogens with one attached hydrogen (secondary N) is 1. The van der Waals surface area contributed by atoms with Crippen molar-refractivity contribution in [2.24, 2.45) is 7.05 Å². The van der Waals surface area contributed by atoms with E-state index in [0.29, 0.717) is 18.8 Å². The van der Waals surface area contributed by atoms with E-state index in [2.05, 4.69) is 22.4 Å². The van der Waals surface area contributed by atoms with E-state index < -0.39 is 11.9 Å². The van der Waals surface area contributed by atoms with Crippen molar-refractivity contribution in [1.29, 1.82) is 0 Å². The Morgan fingerprint density at radius 1 is 1.29 bits per heavy atom. The molecule has 0 fully saturated rings. The van der Waals surface area contributed by atoms with Gasteiger partial charge in [0, 0.05) is 38.4 Å². The summed E-state index contributed by atoms with van der Waals surface area (Å²) in [6, 6.07) is 1.06. The molecule has 0 unspecified atom stereocenters. The Morgan fingerprint density at radius 3 is 2.67 bits per heavy atom. The van der Waals surface area contributed by atoms with Crippen molar-refractivity contribution in [3.05, 3.63) is 35.4 Å². The monoisotopic (exact) mass is 301 g/mol. The Morgan fingerprint density at radius 2 is 2.05 bits per heavy atom. The van der Waals surface area contributed by atoms with Gasteiger partial charge in [-0.05, 0) is 12.5 Å². The van der Waals surface area contributed by atoms with Gasteiger partial charge in [0.15, 0.2) is 5.69 Å². The molecule has 2 rings (SSSR count). The maximum absolute atomic E-state index is 12.5. The molecule has 0 aromatic carbocycles. The summed E-state index contributed by atoms with van der Waals surface area (Å²) in [7, 11) is 1.51. The lowest BCUT2D eigenvalue weighted by Gasteiger charge is -2.03. The molecule has 0 aliphatic carbocycles. The van der Waals surface area contributed by atoms with Crippen LogP contribution in [0.15, 0.2) is 18.5 Å². The predicted molar refractivity (Wildman–Crippen MR) is 71.3 cm³/mol. The van der Waals surface area contributed by atoms with E-state index in [1.54, 1.807) is 6.20 Å². The van der Waals surface area contributed by atoms with Crippen LogP contribution in [-0.2, 0) is 32.9 Å². The third-order valence-corrected chi connectivity index (χ3v) is 3.04. The largest absolute Gasteiger partial charge is 0.435 e. The van der Waals surface area contributed by atoms with Crippen molar-refractivity contribution in [2.75, 3.05) is 0 Å².